The highest BCUT2D eigenvalue weighted by molar-refractivity contribution is 5.93. The Morgan fingerprint density at radius 2 is 1.95 bits per heavy atom. The highest BCUT2D eigenvalue weighted by atomic mass is 16.6. The topological polar surface area (TPSA) is 119 Å². The number of nitrogens with zero attached hydrogens (tertiary/aromatic N) is 1. The van der Waals surface area contributed by atoms with Crippen molar-refractivity contribution in [3.63, 3.8) is 0 Å². The molecule has 0 unspecified atom stereocenters. The van der Waals surface area contributed by atoms with Gasteiger partial charge in [0, 0.05) is 11.6 Å². The van der Waals surface area contributed by atoms with E-state index < -0.39 is 30.0 Å². The van der Waals surface area contributed by atoms with E-state index in [1.807, 2.05) is 0 Å². The molecule has 0 fully saturated rings. The quantitative estimate of drug-likeness (QED) is 0.598. The summed E-state index contributed by atoms with van der Waals surface area (Å²) >= 11 is 0. The SMILES string of the molecule is Cc1cc(C)c([N+](=O)[O-])cc1NC(=O)COCC(=O)O. The van der Waals surface area contributed by atoms with E-state index in [2.05, 4.69) is 10.1 Å². The maximum atomic E-state index is 11.5. The van der Waals surface area contributed by atoms with E-state index in [0.717, 1.165) is 0 Å². The molecule has 0 aromatic heterocycles. The van der Waals surface area contributed by atoms with E-state index in [-0.39, 0.29) is 5.69 Å². The number of amides is 1. The molecular weight excluding hydrogens is 268 g/mol. The van der Waals surface area contributed by atoms with Crippen molar-refractivity contribution in [1.29, 1.82) is 0 Å². The predicted molar refractivity (Wildman–Crippen MR) is 69.7 cm³/mol. The maximum absolute atomic E-state index is 11.5. The molecule has 0 spiro atoms. The Morgan fingerprint density at radius 3 is 2.50 bits per heavy atom. The fourth-order valence-corrected chi connectivity index (χ4v) is 1.59. The summed E-state index contributed by atoms with van der Waals surface area (Å²) in [7, 11) is 0. The van der Waals surface area contributed by atoms with Crippen LogP contribution in [0.15, 0.2) is 12.1 Å². The second kappa shape index (κ2) is 6.62. The number of nitrogens with one attached hydrogen (secondary N) is 1. The van der Waals surface area contributed by atoms with Gasteiger partial charge in [0.15, 0.2) is 0 Å². The second-order valence-electron chi connectivity index (χ2n) is 4.15. The number of nitro benzene ring substituents is 1. The molecule has 20 heavy (non-hydrogen) atoms. The molecule has 1 amide bonds. The van der Waals surface area contributed by atoms with Crippen LogP contribution in [0.4, 0.5) is 11.4 Å². The van der Waals surface area contributed by atoms with Gasteiger partial charge in [-0.25, -0.2) is 4.79 Å². The van der Waals surface area contributed by atoms with Crippen LogP contribution >= 0.6 is 0 Å². The van der Waals surface area contributed by atoms with Gasteiger partial charge >= 0.3 is 5.97 Å². The lowest BCUT2D eigenvalue weighted by atomic mass is 10.1. The number of anilines is 1. The minimum Gasteiger partial charge on any atom is -0.480 e. The van der Waals surface area contributed by atoms with Gasteiger partial charge in [-0.15, -0.1) is 0 Å². The van der Waals surface area contributed by atoms with Crippen molar-refractivity contribution < 1.29 is 24.4 Å². The number of aryl methyl sites for hydroxylation is 2. The monoisotopic (exact) mass is 282 g/mol. The number of carbonyl (C=O) groups is 2. The first-order valence-electron chi connectivity index (χ1n) is 5.66. The van der Waals surface area contributed by atoms with Crippen LogP contribution in [0.1, 0.15) is 11.1 Å². The molecule has 108 valence electrons. The molecule has 1 aromatic rings. The van der Waals surface area contributed by atoms with Gasteiger partial charge < -0.3 is 15.2 Å². The molecule has 0 aliphatic carbocycles. The first-order chi connectivity index (χ1) is 9.31. The molecule has 0 aliphatic heterocycles. The third-order valence-electron chi connectivity index (χ3n) is 2.47. The van der Waals surface area contributed by atoms with E-state index >= 15 is 0 Å². The van der Waals surface area contributed by atoms with Crippen LogP contribution in [0.5, 0.6) is 0 Å². The van der Waals surface area contributed by atoms with Gasteiger partial charge in [0.25, 0.3) is 5.69 Å². The number of aliphatic carboxylic acids is 1. The second-order valence-corrected chi connectivity index (χ2v) is 4.15. The molecule has 8 heteroatoms. The van der Waals surface area contributed by atoms with E-state index in [4.69, 9.17) is 5.11 Å². The van der Waals surface area contributed by atoms with Crippen LogP contribution in [0.2, 0.25) is 0 Å². The number of carbonyl (C=O) groups excluding carboxylic acids is 1. The largest absolute Gasteiger partial charge is 0.480 e. The number of benzene rings is 1. The zero-order valence-corrected chi connectivity index (χ0v) is 11.0. The third kappa shape index (κ3) is 4.32. The zero-order valence-electron chi connectivity index (χ0n) is 11.0. The Hall–Kier alpha value is -2.48. The molecule has 0 bridgehead atoms. The van der Waals surface area contributed by atoms with E-state index in [1.165, 1.54) is 6.07 Å². The molecule has 0 heterocycles. The molecule has 8 nitrogen and oxygen atoms in total. The van der Waals surface area contributed by atoms with E-state index in [0.29, 0.717) is 16.8 Å². The average Bonchev–Trinajstić information content (AvgIpc) is 2.31. The van der Waals surface area contributed by atoms with Gasteiger partial charge in [-0.1, -0.05) is 0 Å². The fraction of sp³-hybridized carbons (Fsp3) is 0.333. The van der Waals surface area contributed by atoms with Crippen LogP contribution in [-0.4, -0.2) is 35.1 Å². The summed E-state index contributed by atoms with van der Waals surface area (Å²) in [5.41, 5.74) is 1.36. The normalized spacial score (nSPS) is 10.1. The molecule has 2 N–H and O–H groups in total. The summed E-state index contributed by atoms with van der Waals surface area (Å²) in [5.74, 6) is -1.76. The average molecular weight is 282 g/mol. The smallest absolute Gasteiger partial charge is 0.329 e. The molecule has 1 rings (SSSR count). The molecule has 0 saturated carbocycles. The maximum Gasteiger partial charge on any atom is 0.329 e. The van der Waals surface area contributed by atoms with Crippen LogP contribution < -0.4 is 5.32 Å². The van der Waals surface area contributed by atoms with Crippen molar-refractivity contribution in [3.05, 3.63) is 33.4 Å². The van der Waals surface area contributed by atoms with Gasteiger partial charge in [0.2, 0.25) is 5.91 Å². The number of carboxylic acid groups (broad SMARTS) is 1. The first-order valence-corrected chi connectivity index (χ1v) is 5.66. The highest BCUT2D eigenvalue weighted by Gasteiger charge is 2.15. The van der Waals surface area contributed by atoms with Gasteiger partial charge in [0.1, 0.15) is 13.2 Å². The Morgan fingerprint density at radius 1 is 1.30 bits per heavy atom. The Labute approximate surface area is 114 Å². The van der Waals surface area contributed by atoms with Crippen molar-refractivity contribution in [2.24, 2.45) is 0 Å². The van der Waals surface area contributed by atoms with Gasteiger partial charge in [-0.05, 0) is 25.5 Å². The Bertz CT molecular complexity index is 555. The number of carboxylic acids is 1. The molecule has 0 radical (unpaired) electrons. The van der Waals surface area contributed by atoms with Crippen LogP contribution in [0, 0.1) is 24.0 Å². The minimum absolute atomic E-state index is 0.0997. The molecule has 0 saturated heterocycles. The van der Waals surface area contributed by atoms with E-state index in [9.17, 15) is 19.7 Å². The molecular formula is C12H14N2O6. The predicted octanol–water partition coefficient (Wildman–Crippen LogP) is 1.25. The van der Waals surface area contributed by atoms with Crippen molar-refractivity contribution in [3.8, 4) is 0 Å². The summed E-state index contributed by atoms with van der Waals surface area (Å²) < 4.78 is 4.62. The van der Waals surface area contributed by atoms with Crippen LogP contribution in [0.25, 0.3) is 0 Å². The molecule has 0 aliphatic rings. The number of ether oxygens (including phenoxy) is 1. The van der Waals surface area contributed by atoms with Crippen molar-refractivity contribution in [1.82, 2.24) is 0 Å². The van der Waals surface area contributed by atoms with Crippen molar-refractivity contribution >= 4 is 23.3 Å². The minimum atomic E-state index is -1.18. The van der Waals surface area contributed by atoms with Crippen molar-refractivity contribution in [2.75, 3.05) is 18.5 Å². The summed E-state index contributed by atoms with van der Waals surface area (Å²) in [4.78, 5) is 32.0. The fourth-order valence-electron chi connectivity index (χ4n) is 1.59. The van der Waals surface area contributed by atoms with Crippen LogP contribution in [0.3, 0.4) is 0 Å². The summed E-state index contributed by atoms with van der Waals surface area (Å²) in [6, 6.07) is 2.85. The number of hydrogen-bond acceptors (Lipinski definition) is 5. The molecule has 1 aromatic carbocycles. The van der Waals surface area contributed by atoms with Gasteiger partial charge in [0.05, 0.1) is 10.6 Å². The van der Waals surface area contributed by atoms with E-state index in [1.54, 1.807) is 19.9 Å². The zero-order chi connectivity index (χ0) is 15.3. The Balaban J connectivity index is 2.76. The Kier molecular flexibility index (Phi) is 5.15. The lowest BCUT2D eigenvalue weighted by Crippen LogP contribution is -2.21. The number of rotatable bonds is 6. The van der Waals surface area contributed by atoms with Crippen LogP contribution in [-0.2, 0) is 14.3 Å². The van der Waals surface area contributed by atoms with Gasteiger partial charge in [-0.2, -0.15) is 0 Å². The lowest BCUT2D eigenvalue weighted by Gasteiger charge is -2.09. The van der Waals surface area contributed by atoms with Crippen molar-refractivity contribution in [2.45, 2.75) is 13.8 Å². The first kappa shape index (κ1) is 15.6. The lowest BCUT2D eigenvalue weighted by molar-refractivity contribution is -0.385. The molecule has 0 atom stereocenters. The highest BCUT2D eigenvalue weighted by Crippen LogP contribution is 2.26. The van der Waals surface area contributed by atoms with Gasteiger partial charge in [-0.3, -0.25) is 14.9 Å². The standard InChI is InChI=1S/C12H14N2O6/c1-7-3-8(2)10(14(18)19)4-9(7)13-11(15)5-20-6-12(16)17/h3-4H,5-6H2,1-2H3,(H,13,15)(H,16,17). The number of nitro groups is 1. The summed E-state index contributed by atoms with van der Waals surface area (Å²) in [6.45, 7) is 2.28. The third-order valence-corrected chi connectivity index (χ3v) is 2.47. The summed E-state index contributed by atoms with van der Waals surface area (Å²) in [6.07, 6.45) is 0. The summed E-state index contributed by atoms with van der Waals surface area (Å²) in [5, 5.41) is 21.6. The number of hydrogen-bond donors (Lipinski definition) is 2.